The molecule has 0 unspecified atom stereocenters. The summed E-state index contributed by atoms with van der Waals surface area (Å²) in [6.07, 6.45) is 4.36. The van der Waals surface area contributed by atoms with Gasteiger partial charge in [0.15, 0.2) is 6.29 Å². The van der Waals surface area contributed by atoms with Crippen LogP contribution in [-0.4, -0.2) is 11.4 Å². The maximum atomic E-state index is 10.3. The normalized spacial score (nSPS) is 10.4. The first-order valence-electron chi connectivity index (χ1n) is 3.69. The summed E-state index contributed by atoms with van der Waals surface area (Å²) in [7, 11) is 0. The molecule has 0 amide bonds. The molecule has 2 heteroatoms. The first kappa shape index (κ1) is 8.53. The fourth-order valence-electron chi connectivity index (χ4n) is 0.956. The number of hydrogen-bond donors (Lipinski definition) is 1. The molecular weight excluding hydrogens is 152 g/mol. The highest BCUT2D eigenvalue weighted by Gasteiger charge is 1.98. The summed E-state index contributed by atoms with van der Waals surface area (Å²) >= 11 is 0. The van der Waals surface area contributed by atoms with Gasteiger partial charge >= 0.3 is 0 Å². The minimum atomic E-state index is 0.0283. The van der Waals surface area contributed by atoms with Crippen molar-refractivity contribution in [2.45, 2.75) is 6.92 Å². The number of phenols is 1. The third-order valence-electron chi connectivity index (χ3n) is 1.54. The van der Waals surface area contributed by atoms with E-state index in [0.29, 0.717) is 11.8 Å². The molecule has 0 heterocycles. The van der Waals surface area contributed by atoms with Crippen molar-refractivity contribution in [3.63, 3.8) is 0 Å². The molecule has 0 atom stereocenters. The second-order valence-electron chi connectivity index (χ2n) is 2.44. The first-order valence-corrected chi connectivity index (χ1v) is 3.69. The number of hydrogen-bond acceptors (Lipinski definition) is 2. The Morgan fingerprint density at radius 1 is 1.42 bits per heavy atom. The Bertz CT molecular complexity index is 314. The molecule has 2 nitrogen and oxygen atoms in total. The van der Waals surface area contributed by atoms with Crippen molar-refractivity contribution < 1.29 is 9.90 Å². The van der Waals surface area contributed by atoms with Crippen LogP contribution in [0.1, 0.15) is 22.8 Å². The van der Waals surface area contributed by atoms with Gasteiger partial charge in [-0.2, -0.15) is 0 Å². The standard InChI is InChI=1S/C10H10O2/c1-2-3-8-4-5-9(7-11)10(12)6-8/h2-7,12H,1H3/b3-2+. The molecule has 62 valence electrons. The van der Waals surface area contributed by atoms with E-state index in [0.717, 1.165) is 5.56 Å². The molecule has 0 aromatic heterocycles. The maximum absolute atomic E-state index is 10.3. The molecule has 0 bridgehead atoms. The molecule has 0 saturated carbocycles. The molecule has 0 fully saturated rings. The number of phenolic OH excluding ortho intramolecular Hbond substituents is 1. The van der Waals surface area contributed by atoms with Gasteiger partial charge in [-0.15, -0.1) is 0 Å². The summed E-state index contributed by atoms with van der Waals surface area (Å²) in [5.74, 6) is 0.0283. The summed E-state index contributed by atoms with van der Waals surface area (Å²) in [5.41, 5.74) is 1.21. The van der Waals surface area contributed by atoms with Crippen molar-refractivity contribution in [1.29, 1.82) is 0 Å². The number of aromatic hydroxyl groups is 1. The lowest BCUT2D eigenvalue weighted by Crippen LogP contribution is -1.81. The van der Waals surface area contributed by atoms with Crippen LogP contribution in [0, 0.1) is 0 Å². The third-order valence-corrected chi connectivity index (χ3v) is 1.54. The smallest absolute Gasteiger partial charge is 0.153 e. The van der Waals surface area contributed by atoms with E-state index in [-0.39, 0.29) is 5.75 Å². The minimum Gasteiger partial charge on any atom is -0.507 e. The summed E-state index contributed by atoms with van der Waals surface area (Å²) in [5, 5.41) is 9.25. The van der Waals surface area contributed by atoms with E-state index in [2.05, 4.69) is 0 Å². The molecule has 0 spiro atoms. The van der Waals surface area contributed by atoms with E-state index in [1.807, 2.05) is 19.1 Å². The molecule has 1 aromatic rings. The Morgan fingerprint density at radius 3 is 2.67 bits per heavy atom. The van der Waals surface area contributed by atoms with Gasteiger partial charge in [0.2, 0.25) is 0 Å². The van der Waals surface area contributed by atoms with Gasteiger partial charge in [-0.05, 0) is 24.6 Å². The first-order chi connectivity index (χ1) is 5.77. The van der Waals surface area contributed by atoms with Crippen LogP contribution in [0.4, 0.5) is 0 Å². The zero-order chi connectivity index (χ0) is 8.97. The van der Waals surface area contributed by atoms with E-state index < -0.39 is 0 Å². The van der Waals surface area contributed by atoms with Gasteiger partial charge < -0.3 is 5.11 Å². The van der Waals surface area contributed by atoms with E-state index >= 15 is 0 Å². The molecule has 0 aliphatic rings. The lowest BCUT2D eigenvalue weighted by molar-refractivity contribution is 0.112. The van der Waals surface area contributed by atoms with Crippen LogP contribution in [0.5, 0.6) is 5.75 Å². The van der Waals surface area contributed by atoms with Gasteiger partial charge in [0.1, 0.15) is 5.75 Å². The van der Waals surface area contributed by atoms with Gasteiger partial charge in [-0.3, -0.25) is 4.79 Å². The van der Waals surface area contributed by atoms with Gasteiger partial charge in [0.05, 0.1) is 5.56 Å². The average molecular weight is 162 g/mol. The molecule has 0 saturated heterocycles. The Kier molecular flexibility index (Phi) is 2.64. The second-order valence-corrected chi connectivity index (χ2v) is 2.44. The van der Waals surface area contributed by atoms with Crippen molar-refractivity contribution in [3.05, 3.63) is 35.4 Å². The molecule has 0 aliphatic carbocycles. The van der Waals surface area contributed by atoms with E-state index in [1.165, 1.54) is 0 Å². The minimum absolute atomic E-state index is 0.0283. The number of benzene rings is 1. The highest BCUT2D eigenvalue weighted by atomic mass is 16.3. The summed E-state index contributed by atoms with van der Waals surface area (Å²) in [6, 6.07) is 4.94. The summed E-state index contributed by atoms with van der Waals surface area (Å²) < 4.78 is 0. The number of carbonyl (C=O) groups excluding carboxylic acids is 1. The fraction of sp³-hybridized carbons (Fsp3) is 0.100. The zero-order valence-corrected chi connectivity index (χ0v) is 6.82. The highest BCUT2D eigenvalue weighted by molar-refractivity contribution is 5.79. The van der Waals surface area contributed by atoms with Crippen molar-refractivity contribution in [2.24, 2.45) is 0 Å². The number of aldehydes is 1. The van der Waals surface area contributed by atoms with Gasteiger partial charge in [0.25, 0.3) is 0 Å². The van der Waals surface area contributed by atoms with Crippen LogP contribution in [0.25, 0.3) is 6.08 Å². The Balaban J connectivity index is 3.09. The van der Waals surface area contributed by atoms with Crippen molar-refractivity contribution in [2.75, 3.05) is 0 Å². The number of rotatable bonds is 2. The highest BCUT2D eigenvalue weighted by Crippen LogP contribution is 2.17. The van der Waals surface area contributed by atoms with Gasteiger partial charge in [-0.1, -0.05) is 18.2 Å². The van der Waals surface area contributed by atoms with Gasteiger partial charge in [0, 0.05) is 0 Å². The molecule has 1 rings (SSSR count). The zero-order valence-electron chi connectivity index (χ0n) is 6.82. The molecule has 0 radical (unpaired) electrons. The van der Waals surface area contributed by atoms with Crippen molar-refractivity contribution in [3.8, 4) is 5.75 Å². The SMILES string of the molecule is C/C=C/c1ccc(C=O)c(O)c1. The predicted molar refractivity (Wildman–Crippen MR) is 48.2 cm³/mol. The van der Waals surface area contributed by atoms with Crippen molar-refractivity contribution >= 4 is 12.4 Å². The fourth-order valence-corrected chi connectivity index (χ4v) is 0.956. The average Bonchev–Trinajstić information content (AvgIpc) is 2.05. The quantitative estimate of drug-likeness (QED) is 0.677. The lowest BCUT2D eigenvalue weighted by Gasteiger charge is -1.97. The second kappa shape index (κ2) is 3.72. The van der Waals surface area contributed by atoms with E-state index in [9.17, 15) is 9.90 Å². The molecule has 1 aromatic carbocycles. The van der Waals surface area contributed by atoms with Gasteiger partial charge in [-0.25, -0.2) is 0 Å². The van der Waals surface area contributed by atoms with Crippen LogP contribution >= 0.6 is 0 Å². The maximum Gasteiger partial charge on any atom is 0.153 e. The molecular formula is C10H10O2. The van der Waals surface area contributed by atoms with E-state index in [1.54, 1.807) is 18.2 Å². The Hall–Kier alpha value is -1.57. The molecule has 1 N–H and O–H groups in total. The molecule has 12 heavy (non-hydrogen) atoms. The largest absolute Gasteiger partial charge is 0.507 e. The monoisotopic (exact) mass is 162 g/mol. The number of carbonyl (C=O) groups is 1. The summed E-state index contributed by atoms with van der Waals surface area (Å²) in [4.78, 5) is 10.3. The third kappa shape index (κ3) is 1.72. The van der Waals surface area contributed by atoms with Crippen LogP contribution < -0.4 is 0 Å². The topological polar surface area (TPSA) is 37.3 Å². The molecule has 0 aliphatic heterocycles. The lowest BCUT2D eigenvalue weighted by atomic mass is 10.1. The van der Waals surface area contributed by atoms with E-state index in [4.69, 9.17) is 0 Å². The Morgan fingerprint density at radius 2 is 2.17 bits per heavy atom. The van der Waals surface area contributed by atoms with Crippen LogP contribution in [0.15, 0.2) is 24.3 Å². The van der Waals surface area contributed by atoms with Crippen molar-refractivity contribution in [1.82, 2.24) is 0 Å². The van der Waals surface area contributed by atoms with Crippen LogP contribution in [0.3, 0.4) is 0 Å². The Labute approximate surface area is 71.2 Å². The predicted octanol–water partition coefficient (Wildman–Crippen LogP) is 2.24. The van der Waals surface area contributed by atoms with Crippen LogP contribution in [0.2, 0.25) is 0 Å². The summed E-state index contributed by atoms with van der Waals surface area (Å²) in [6.45, 7) is 1.89. The van der Waals surface area contributed by atoms with Crippen LogP contribution in [-0.2, 0) is 0 Å². The number of allylic oxidation sites excluding steroid dienone is 1.